The molecule has 2 atom stereocenters. The highest BCUT2D eigenvalue weighted by molar-refractivity contribution is 5.99. The summed E-state index contributed by atoms with van der Waals surface area (Å²) in [6.07, 6.45) is 2.79. The van der Waals surface area contributed by atoms with E-state index in [1.807, 2.05) is 36.4 Å². The maximum atomic E-state index is 12.6. The molecule has 194 valence electrons. The number of Topliss-reactive ketones (excluding diaryl/α,β-unsaturated/α-hetero) is 2. The average molecular weight is 530 g/mol. The second kappa shape index (κ2) is 17.0. The van der Waals surface area contributed by atoms with Crippen molar-refractivity contribution < 1.29 is 44.2 Å². The lowest BCUT2D eigenvalue weighted by atomic mass is 10.0. The molecule has 0 aliphatic heterocycles. The molecule has 0 radical (unpaired) electrons. The van der Waals surface area contributed by atoms with E-state index in [0.717, 1.165) is 39.0 Å². The number of nitrogens with one attached hydrogen (secondary N) is 2. The second-order valence-corrected chi connectivity index (χ2v) is 9.37. The Hall–Kier alpha value is -2.50. The molecular formula is C30H38Cl2N2O2. The summed E-state index contributed by atoms with van der Waals surface area (Å²) >= 11 is 0. The number of hydrogen-bond acceptors (Lipinski definition) is 2. The van der Waals surface area contributed by atoms with Gasteiger partial charge in [-0.25, -0.2) is 0 Å². The molecule has 3 rings (SSSR count). The highest BCUT2D eigenvalue weighted by atomic mass is 35.5. The fourth-order valence-electron chi connectivity index (χ4n) is 4.30. The molecule has 0 saturated carbocycles. The largest absolute Gasteiger partial charge is 1.00 e. The van der Waals surface area contributed by atoms with Gasteiger partial charge in [0.1, 0.15) is 13.1 Å². The summed E-state index contributed by atoms with van der Waals surface area (Å²) in [5.41, 5.74) is 4.03. The first-order valence-corrected chi connectivity index (χ1v) is 12.4. The van der Waals surface area contributed by atoms with Gasteiger partial charge in [-0.1, -0.05) is 84.9 Å². The van der Waals surface area contributed by atoms with Gasteiger partial charge in [0.2, 0.25) is 0 Å². The Morgan fingerprint density at radius 3 is 1.22 bits per heavy atom. The van der Waals surface area contributed by atoms with Crippen LogP contribution in [-0.4, -0.2) is 38.8 Å². The number of hydrogen-bond donors (Lipinski definition) is 2. The molecule has 0 aliphatic carbocycles. The molecule has 6 heteroatoms. The molecule has 0 bridgehead atoms. The molecule has 0 saturated heterocycles. The summed E-state index contributed by atoms with van der Waals surface area (Å²) in [5.74, 6) is 0.301. The van der Waals surface area contributed by atoms with Gasteiger partial charge in [0.15, 0.2) is 11.6 Å². The van der Waals surface area contributed by atoms with E-state index in [-0.39, 0.29) is 36.4 Å². The molecule has 2 N–H and O–H groups in total. The van der Waals surface area contributed by atoms with Crippen molar-refractivity contribution in [2.24, 2.45) is 0 Å². The Bertz CT molecular complexity index is 943. The number of ketones is 2. The van der Waals surface area contributed by atoms with Crippen molar-refractivity contribution in [1.29, 1.82) is 0 Å². The Morgan fingerprint density at radius 1 is 0.556 bits per heavy atom. The van der Waals surface area contributed by atoms with Crippen LogP contribution in [0.4, 0.5) is 0 Å². The van der Waals surface area contributed by atoms with Crippen LogP contribution < -0.4 is 34.6 Å². The Labute approximate surface area is 228 Å². The lowest BCUT2D eigenvalue weighted by Gasteiger charge is -2.14. The van der Waals surface area contributed by atoms with Gasteiger partial charge >= 0.3 is 0 Å². The predicted octanol–water partition coefficient (Wildman–Crippen LogP) is -2.95. The van der Waals surface area contributed by atoms with Crippen molar-refractivity contribution in [1.82, 2.24) is 0 Å². The number of carbonyl (C=O) groups excluding carboxylic acids is 2. The van der Waals surface area contributed by atoms with Crippen LogP contribution in [0.1, 0.15) is 57.5 Å². The summed E-state index contributed by atoms with van der Waals surface area (Å²) in [7, 11) is 4.33. The van der Waals surface area contributed by atoms with Gasteiger partial charge in [0, 0.05) is 47.9 Å². The zero-order valence-electron chi connectivity index (χ0n) is 21.3. The third-order valence-corrected chi connectivity index (χ3v) is 6.24. The average Bonchev–Trinajstić information content (AvgIpc) is 2.85. The summed E-state index contributed by atoms with van der Waals surface area (Å²) < 4.78 is 0. The van der Waals surface area contributed by atoms with E-state index in [9.17, 15) is 9.59 Å². The first-order chi connectivity index (χ1) is 16.5. The SMILES string of the molecule is C[NH+](CCCC(=O)c1ccc(C(=O)CCC[NH+](C)Cc2ccccc2)cc1)Cc1ccccc1.[Cl-].[Cl-]. The maximum absolute atomic E-state index is 12.6. The number of carbonyl (C=O) groups is 2. The minimum Gasteiger partial charge on any atom is -1.00 e. The van der Waals surface area contributed by atoms with Crippen molar-refractivity contribution in [2.45, 2.75) is 38.8 Å². The second-order valence-electron chi connectivity index (χ2n) is 9.37. The van der Waals surface area contributed by atoms with E-state index in [1.54, 1.807) is 0 Å². The number of quaternary nitrogens is 2. The Balaban J connectivity index is 0.00000324. The van der Waals surface area contributed by atoms with Gasteiger partial charge in [-0.3, -0.25) is 9.59 Å². The van der Waals surface area contributed by atoms with Gasteiger partial charge < -0.3 is 34.6 Å². The summed E-state index contributed by atoms with van der Waals surface area (Å²) in [6.45, 7) is 3.85. The number of rotatable bonds is 14. The summed E-state index contributed by atoms with van der Waals surface area (Å²) in [4.78, 5) is 27.9. The standard InChI is InChI=1S/C30H36N2O2.2ClH/c1-31(23-25-11-5-3-6-12-25)21-9-15-29(33)27-17-19-28(20-18-27)30(34)16-10-22-32(2)24-26-13-7-4-8-14-26;;/h3-8,11-14,17-20H,9-10,15-16,21-24H2,1-2H3;2*1H. The quantitative estimate of drug-likeness (QED) is 0.220. The fraction of sp³-hybridized carbons (Fsp3) is 0.333. The van der Waals surface area contributed by atoms with Crippen LogP contribution in [0.15, 0.2) is 84.9 Å². The van der Waals surface area contributed by atoms with Gasteiger partial charge in [-0.2, -0.15) is 0 Å². The Morgan fingerprint density at radius 2 is 0.889 bits per heavy atom. The van der Waals surface area contributed by atoms with Crippen molar-refractivity contribution in [3.8, 4) is 0 Å². The molecule has 0 aliphatic rings. The molecule has 3 aromatic rings. The molecule has 0 fully saturated rings. The summed E-state index contributed by atoms with van der Waals surface area (Å²) in [5, 5.41) is 0. The molecule has 4 nitrogen and oxygen atoms in total. The molecule has 2 unspecified atom stereocenters. The van der Waals surface area contributed by atoms with Gasteiger partial charge in [0.25, 0.3) is 0 Å². The van der Waals surface area contributed by atoms with E-state index < -0.39 is 0 Å². The van der Waals surface area contributed by atoms with Crippen molar-refractivity contribution in [3.63, 3.8) is 0 Å². The van der Waals surface area contributed by atoms with E-state index in [1.165, 1.54) is 20.9 Å². The number of halogens is 2. The van der Waals surface area contributed by atoms with E-state index in [2.05, 4.69) is 62.6 Å². The van der Waals surface area contributed by atoms with Crippen LogP contribution in [0.3, 0.4) is 0 Å². The molecule has 0 heterocycles. The third-order valence-electron chi connectivity index (χ3n) is 6.24. The predicted molar refractivity (Wildman–Crippen MR) is 137 cm³/mol. The van der Waals surface area contributed by atoms with Crippen LogP contribution in [0.5, 0.6) is 0 Å². The normalized spacial score (nSPS) is 12.1. The van der Waals surface area contributed by atoms with Crippen LogP contribution >= 0.6 is 0 Å². The zero-order chi connectivity index (χ0) is 24.2. The monoisotopic (exact) mass is 528 g/mol. The van der Waals surface area contributed by atoms with Crippen LogP contribution in [0, 0.1) is 0 Å². The maximum Gasteiger partial charge on any atom is 0.163 e. The first kappa shape index (κ1) is 31.5. The van der Waals surface area contributed by atoms with Crippen LogP contribution in [0.2, 0.25) is 0 Å². The highest BCUT2D eigenvalue weighted by Crippen LogP contribution is 2.11. The van der Waals surface area contributed by atoms with Gasteiger partial charge in [-0.05, 0) is 0 Å². The minimum absolute atomic E-state index is 0. The molecule has 36 heavy (non-hydrogen) atoms. The van der Waals surface area contributed by atoms with E-state index >= 15 is 0 Å². The third kappa shape index (κ3) is 11.0. The number of benzene rings is 3. The van der Waals surface area contributed by atoms with Gasteiger partial charge in [0.05, 0.1) is 27.2 Å². The highest BCUT2D eigenvalue weighted by Gasteiger charge is 2.12. The zero-order valence-corrected chi connectivity index (χ0v) is 22.8. The molecular weight excluding hydrogens is 491 g/mol. The fourth-order valence-corrected chi connectivity index (χ4v) is 4.30. The van der Waals surface area contributed by atoms with E-state index in [4.69, 9.17) is 0 Å². The van der Waals surface area contributed by atoms with Gasteiger partial charge in [-0.15, -0.1) is 0 Å². The van der Waals surface area contributed by atoms with Crippen molar-refractivity contribution in [2.75, 3.05) is 27.2 Å². The van der Waals surface area contributed by atoms with Crippen LogP contribution in [-0.2, 0) is 13.1 Å². The minimum atomic E-state index is 0. The van der Waals surface area contributed by atoms with Crippen LogP contribution in [0.25, 0.3) is 0 Å². The molecule has 3 aromatic carbocycles. The molecule has 0 spiro atoms. The van der Waals surface area contributed by atoms with Crippen molar-refractivity contribution in [3.05, 3.63) is 107 Å². The smallest absolute Gasteiger partial charge is 0.163 e. The lowest BCUT2D eigenvalue weighted by Crippen LogP contribution is -3.07. The first-order valence-electron chi connectivity index (χ1n) is 12.4. The Kier molecular flexibility index (Phi) is 14.9. The lowest BCUT2D eigenvalue weighted by molar-refractivity contribution is -0.893. The summed E-state index contributed by atoms with van der Waals surface area (Å²) in [6, 6.07) is 28.1. The van der Waals surface area contributed by atoms with Crippen molar-refractivity contribution >= 4 is 11.6 Å². The molecule has 0 aromatic heterocycles. The topological polar surface area (TPSA) is 43.0 Å². The molecule has 0 amide bonds. The van der Waals surface area contributed by atoms with E-state index in [0.29, 0.717) is 24.0 Å².